The molecule has 0 aliphatic carbocycles. The van der Waals surface area contributed by atoms with Gasteiger partial charge in [-0.05, 0) is 25.5 Å². The quantitative estimate of drug-likeness (QED) is 0.283. The molecule has 0 aromatic heterocycles. The number of benzene rings is 1. The number of anilines is 1. The molecule has 5 nitrogen and oxygen atoms in total. The summed E-state index contributed by atoms with van der Waals surface area (Å²) in [5.74, 6) is 0.563. The molecule has 0 spiro atoms. The maximum absolute atomic E-state index is 11.8. The van der Waals surface area contributed by atoms with Crippen LogP contribution in [-0.4, -0.2) is 31.5 Å². The molecule has 0 unspecified atom stereocenters. The molecule has 118 valence electrons. The molecule has 0 saturated carbocycles. The molecule has 6 heteroatoms. The molecular formula is C15H25IN4O. The number of unbranched alkanes of at least 4 members (excludes halogenated alkanes) is 1. The van der Waals surface area contributed by atoms with Crippen LogP contribution in [0.1, 0.15) is 26.7 Å². The van der Waals surface area contributed by atoms with E-state index in [0.717, 1.165) is 31.6 Å². The molecule has 1 aromatic carbocycles. The van der Waals surface area contributed by atoms with Crippen molar-refractivity contribution in [3.8, 4) is 0 Å². The Kier molecular flexibility index (Phi) is 11.7. The highest BCUT2D eigenvalue weighted by Gasteiger charge is 2.02. The van der Waals surface area contributed by atoms with E-state index in [9.17, 15) is 4.79 Å². The first-order valence-corrected chi connectivity index (χ1v) is 7.13. The number of carbonyl (C=O) groups is 1. The van der Waals surface area contributed by atoms with Crippen LogP contribution < -0.4 is 16.0 Å². The Bertz CT molecular complexity index is 423. The fourth-order valence-electron chi connectivity index (χ4n) is 1.60. The van der Waals surface area contributed by atoms with Crippen LogP contribution in [0.25, 0.3) is 0 Å². The SMILES string of the molecule is CCCCNC(=NCC(=O)Nc1ccccc1)NCC.I. The van der Waals surface area contributed by atoms with Crippen LogP contribution in [0.5, 0.6) is 0 Å². The molecule has 1 amide bonds. The minimum absolute atomic E-state index is 0. The Morgan fingerprint density at radius 1 is 1.14 bits per heavy atom. The van der Waals surface area contributed by atoms with Gasteiger partial charge in [0.2, 0.25) is 5.91 Å². The number of halogens is 1. The number of hydrogen-bond acceptors (Lipinski definition) is 2. The van der Waals surface area contributed by atoms with Gasteiger partial charge in [-0.2, -0.15) is 0 Å². The molecule has 0 saturated heterocycles. The van der Waals surface area contributed by atoms with E-state index in [2.05, 4.69) is 27.9 Å². The summed E-state index contributed by atoms with van der Waals surface area (Å²) < 4.78 is 0. The summed E-state index contributed by atoms with van der Waals surface area (Å²) in [6, 6.07) is 9.39. The lowest BCUT2D eigenvalue weighted by atomic mass is 10.3. The lowest BCUT2D eigenvalue weighted by Crippen LogP contribution is -2.38. The molecule has 21 heavy (non-hydrogen) atoms. The Morgan fingerprint density at radius 2 is 1.86 bits per heavy atom. The van der Waals surface area contributed by atoms with Crippen molar-refractivity contribution in [2.45, 2.75) is 26.7 Å². The zero-order valence-corrected chi connectivity index (χ0v) is 15.0. The normalized spacial score (nSPS) is 10.5. The zero-order valence-electron chi connectivity index (χ0n) is 12.7. The van der Waals surface area contributed by atoms with Crippen molar-refractivity contribution in [2.75, 3.05) is 25.0 Å². The van der Waals surface area contributed by atoms with E-state index in [0.29, 0.717) is 5.96 Å². The van der Waals surface area contributed by atoms with Gasteiger partial charge in [0.1, 0.15) is 6.54 Å². The Labute approximate surface area is 144 Å². The van der Waals surface area contributed by atoms with E-state index in [1.165, 1.54) is 0 Å². The molecule has 0 aliphatic rings. The van der Waals surface area contributed by atoms with Crippen molar-refractivity contribution < 1.29 is 4.79 Å². The van der Waals surface area contributed by atoms with Crippen LogP contribution in [0.15, 0.2) is 35.3 Å². The number of rotatable bonds is 7. The second-order valence-corrected chi connectivity index (χ2v) is 4.39. The smallest absolute Gasteiger partial charge is 0.246 e. The van der Waals surface area contributed by atoms with Gasteiger partial charge >= 0.3 is 0 Å². The highest BCUT2D eigenvalue weighted by molar-refractivity contribution is 14.0. The Hall–Kier alpha value is -1.31. The molecule has 0 bridgehead atoms. The summed E-state index contributed by atoms with van der Waals surface area (Å²) in [5, 5.41) is 9.12. The molecule has 0 heterocycles. The van der Waals surface area contributed by atoms with Crippen LogP contribution in [0.3, 0.4) is 0 Å². The van der Waals surface area contributed by atoms with Gasteiger partial charge in [-0.25, -0.2) is 4.99 Å². The van der Waals surface area contributed by atoms with E-state index in [1.54, 1.807) is 0 Å². The third kappa shape index (κ3) is 9.28. The first kappa shape index (κ1) is 19.7. The summed E-state index contributed by atoms with van der Waals surface area (Å²) >= 11 is 0. The first-order chi connectivity index (χ1) is 9.76. The van der Waals surface area contributed by atoms with E-state index >= 15 is 0 Å². The zero-order chi connectivity index (χ0) is 14.6. The largest absolute Gasteiger partial charge is 0.357 e. The predicted octanol–water partition coefficient (Wildman–Crippen LogP) is 2.60. The summed E-state index contributed by atoms with van der Waals surface area (Å²) in [5.41, 5.74) is 0.789. The van der Waals surface area contributed by atoms with Crippen molar-refractivity contribution in [3.05, 3.63) is 30.3 Å². The van der Waals surface area contributed by atoms with Gasteiger partial charge in [0.25, 0.3) is 0 Å². The van der Waals surface area contributed by atoms with Gasteiger partial charge in [-0.1, -0.05) is 31.5 Å². The summed E-state index contributed by atoms with van der Waals surface area (Å²) in [6.07, 6.45) is 2.21. The van der Waals surface area contributed by atoms with E-state index < -0.39 is 0 Å². The lowest BCUT2D eigenvalue weighted by molar-refractivity contribution is -0.114. The van der Waals surface area contributed by atoms with Crippen LogP contribution in [0.4, 0.5) is 5.69 Å². The minimum atomic E-state index is -0.121. The molecular weight excluding hydrogens is 379 g/mol. The van der Waals surface area contributed by atoms with Crippen LogP contribution in [0, 0.1) is 0 Å². The average Bonchev–Trinajstić information content (AvgIpc) is 2.46. The van der Waals surface area contributed by atoms with Gasteiger partial charge < -0.3 is 16.0 Å². The van der Waals surface area contributed by atoms with Crippen molar-refractivity contribution in [3.63, 3.8) is 0 Å². The summed E-state index contributed by atoms with van der Waals surface area (Å²) in [6.45, 7) is 5.89. The minimum Gasteiger partial charge on any atom is -0.357 e. The molecule has 1 aromatic rings. The standard InChI is InChI=1S/C15H24N4O.HI/c1-3-5-11-17-15(16-4-2)18-12-14(20)19-13-9-7-6-8-10-13;/h6-10H,3-5,11-12H2,1-2H3,(H,19,20)(H2,16,17,18);1H. The number of aliphatic imine (C=N–C) groups is 1. The Morgan fingerprint density at radius 3 is 2.48 bits per heavy atom. The third-order valence-electron chi connectivity index (χ3n) is 2.61. The number of nitrogens with zero attached hydrogens (tertiary/aromatic N) is 1. The van der Waals surface area contributed by atoms with E-state index in [1.807, 2.05) is 37.3 Å². The molecule has 1 rings (SSSR count). The number of carbonyl (C=O) groups excluding carboxylic acids is 1. The van der Waals surface area contributed by atoms with E-state index in [-0.39, 0.29) is 36.4 Å². The maximum atomic E-state index is 11.8. The monoisotopic (exact) mass is 404 g/mol. The number of amides is 1. The highest BCUT2D eigenvalue weighted by atomic mass is 127. The number of para-hydroxylation sites is 1. The highest BCUT2D eigenvalue weighted by Crippen LogP contribution is 2.04. The Balaban J connectivity index is 0.00000400. The topological polar surface area (TPSA) is 65.5 Å². The van der Waals surface area contributed by atoms with Crippen molar-refractivity contribution in [2.24, 2.45) is 4.99 Å². The lowest BCUT2D eigenvalue weighted by Gasteiger charge is -2.10. The first-order valence-electron chi connectivity index (χ1n) is 7.13. The number of hydrogen-bond donors (Lipinski definition) is 3. The van der Waals surface area contributed by atoms with Gasteiger partial charge in [0.05, 0.1) is 0 Å². The van der Waals surface area contributed by atoms with Crippen LogP contribution >= 0.6 is 24.0 Å². The van der Waals surface area contributed by atoms with Crippen molar-refractivity contribution >= 4 is 41.5 Å². The average molecular weight is 404 g/mol. The fraction of sp³-hybridized carbons (Fsp3) is 0.467. The molecule has 0 radical (unpaired) electrons. The maximum Gasteiger partial charge on any atom is 0.246 e. The third-order valence-corrected chi connectivity index (χ3v) is 2.61. The number of guanidine groups is 1. The summed E-state index contributed by atoms with van der Waals surface area (Å²) in [7, 11) is 0. The molecule has 0 fully saturated rings. The van der Waals surface area contributed by atoms with Gasteiger partial charge in [0.15, 0.2) is 5.96 Å². The van der Waals surface area contributed by atoms with E-state index in [4.69, 9.17) is 0 Å². The van der Waals surface area contributed by atoms with Crippen molar-refractivity contribution in [1.29, 1.82) is 0 Å². The molecule has 3 N–H and O–H groups in total. The fourth-order valence-corrected chi connectivity index (χ4v) is 1.60. The second kappa shape index (κ2) is 12.4. The van der Waals surface area contributed by atoms with Gasteiger partial charge in [-0.15, -0.1) is 24.0 Å². The second-order valence-electron chi connectivity index (χ2n) is 4.39. The van der Waals surface area contributed by atoms with Crippen LogP contribution in [-0.2, 0) is 4.79 Å². The van der Waals surface area contributed by atoms with Gasteiger partial charge in [0, 0.05) is 18.8 Å². The number of nitrogens with one attached hydrogen (secondary N) is 3. The molecule has 0 aliphatic heterocycles. The predicted molar refractivity (Wildman–Crippen MR) is 99.4 cm³/mol. The summed E-state index contributed by atoms with van der Waals surface area (Å²) in [4.78, 5) is 16.0. The van der Waals surface area contributed by atoms with Crippen LogP contribution in [0.2, 0.25) is 0 Å². The molecule has 0 atom stereocenters. The van der Waals surface area contributed by atoms with Gasteiger partial charge in [-0.3, -0.25) is 4.79 Å². The van der Waals surface area contributed by atoms with Crippen molar-refractivity contribution in [1.82, 2.24) is 10.6 Å².